The molecule has 0 fully saturated rings. The second-order valence-corrected chi connectivity index (χ2v) is 0. The molecule has 0 rings (SSSR count). The molecule has 0 aliphatic rings. The standard InChI is InChI=1S/Al.OSi.3O.Zr/c;1-2;;;;/q+3;+2;3*-2;+4. The van der Waals surface area contributed by atoms with E-state index in [0.29, 0.717) is 0 Å². The fourth-order valence-electron chi connectivity index (χ4n) is 0. The normalized spacial score (nSPS) is 0.857. The van der Waals surface area contributed by atoms with Gasteiger partial charge in [0, 0.05) is 0 Å². The first kappa shape index (κ1) is 83.1. The quantitative estimate of drug-likeness (QED) is 0.459. The second-order valence-electron chi connectivity index (χ2n) is 0. The molecule has 0 aliphatic carbocycles. The molecule has 0 saturated carbocycles. The summed E-state index contributed by atoms with van der Waals surface area (Å²) in [5, 5.41) is 0. The van der Waals surface area contributed by atoms with Gasteiger partial charge in [0.2, 0.25) is 0 Å². The van der Waals surface area contributed by atoms with E-state index in [9.17, 15) is 0 Å². The Balaban J connectivity index is -0.000000000500. The average Bonchev–Trinajstić information content (AvgIpc) is 1.00. The van der Waals surface area contributed by atoms with Crippen molar-refractivity contribution in [2.75, 3.05) is 0 Å². The smallest absolute Gasteiger partial charge is 2.00 e. The van der Waals surface area contributed by atoms with Gasteiger partial charge in [0.1, 0.15) is 0 Å². The van der Waals surface area contributed by atoms with Crippen LogP contribution in [0.15, 0.2) is 0 Å². The van der Waals surface area contributed by atoms with E-state index in [1.807, 2.05) is 0 Å². The fourth-order valence-corrected chi connectivity index (χ4v) is 0. The third kappa shape index (κ3) is 120. The molecule has 0 unspecified atom stereocenters. The van der Waals surface area contributed by atoms with Crippen LogP contribution in [0.25, 0.3) is 0 Å². The summed E-state index contributed by atoms with van der Waals surface area (Å²) < 4.78 is 8.06. The molecule has 0 aromatic rings. The van der Waals surface area contributed by atoms with Crippen LogP contribution in [0.2, 0.25) is 0 Å². The predicted molar refractivity (Wildman–Crippen MR) is 14.3 cm³/mol. The summed E-state index contributed by atoms with van der Waals surface area (Å²) in [6, 6.07) is 0. The van der Waals surface area contributed by atoms with Crippen LogP contribution in [0.4, 0.5) is 0 Å². The van der Waals surface area contributed by atoms with Crippen molar-refractivity contribution in [3.63, 3.8) is 0 Å². The van der Waals surface area contributed by atoms with Crippen molar-refractivity contribution in [3.05, 3.63) is 0 Å². The van der Waals surface area contributed by atoms with Crippen LogP contribution in [-0.2, 0) is 47.1 Å². The third-order valence-electron chi connectivity index (χ3n) is 0. The molecule has 0 aromatic carbocycles. The Morgan fingerprint density at radius 3 is 0.857 bits per heavy atom. The Morgan fingerprint density at radius 1 is 0.857 bits per heavy atom. The van der Waals surface area contributed by atoms with Crippen molar-refractivity contribution >= 4 is 27.5 Å². The molecule has 0 bridgehead atoms. The molecule has 0 radical (unpaired) electrons. The van der Waals surface area contributed by atoms with E-state index < -0.39 is 0 Å². The Morgan fingerprint density at radius 2 is 0.857 bits per heavy atom. The SMILES string of the molecule is O=[Si+2].[Al+3].[O-2].[O-2].[O-2].[Zr+4]. The first-order valence-corrected chi connectivity index (χ1v) is 0.612. The van der Waals surface area contributed by atoms with Crippen molar-refractivity contribution < 1.29 is 47.1 Å². The van der Waals surface area contributed by atoms with Gasteiger partial charge in [-0.05, 0) is 0 Å². The summed E-state index contributed by atoms with van der Waals surface area (Å²) in [7, 11) is 1.72. The van der Waals surface area contributed by atoms with Crippen molar-refractivity contribution in [1.82, 2.24) is 0 Å². The van der Waals surface area contributed by atoms with Crippen LogP contribution in [0.1, 0.15) is 0 Å². The molecular formula is AlO4SiZr+3. The minimum atomic E-state index is 0. The van der Waals surface area contributed by atoms with E-state index in [1.54, 1.807) is 10.1 Å². The van der Waals surface area contributed by atoms with E-state index >= 15 is 0 Å². The van der Waals surface area contributed by atoms with Gasteiger partial charge in [-0.25, -0.2) is 0 Å². The maximum atomic E-state index is 8.06. The van der Waals surface area contributed by atoms with Crippen molar-refractivity contribution in [1.29, 1.82) is 0 Å². The van der Waals surface area contributed by atoms with Gasteiger partial charge in [-0.2, -0.15) is 0 Å². The van der Waals surface area contributed by atoms with Crippen LogP contribution in [0.5, 0.6) is 0 Å². The van der Waals surface area contributed by atoms with Crippen LogP contribution < -0.4 is 0 Å². The molecule has 0 saturated heterocycles. The summed E-state index contributed by atoms with van der Waals surface area (Å²) in [6.07, 6.45) is 0. The van der Waals surface area contributed by atoms with Gasteiger partial charge in [0.15, 0.2) is 0 Å². The topological polar surface area (TPSA) is 103 Å². The average molecular weight is 210 g/mol. The minimum absolute atomic E-state index is 0. The van der Waals surface area contributed by atoms with Gasteiger partial charge in [-0.15, -0.1) is 0 Å². The van der Waals surface area contributed by atoms with Crippen LogP contribution >= 0.6 is 0 Å². The van der Waals surface area contributed by atoms with Gasteiger partial charge in [0.25, 0.3) is 0 Å². The zero-order valence-electron chi connectivity index (χ0n) is 3.21. The molecule has 0 N–H and O–H groups in total. The first-order valence-electron chi connectivity index (χ1n) is 0.204. The summed E-state index contributed by atoms with van der Waals surface area (Å²) in [4.78, 5) is 0. The maximum Gasteiger partial charge on any atom is 4.00 e. The molecular weight excluding hydrogens is 210 g/mol. The molecule has 7 heavy (non-hydrogen) atoms. The zero-order valence-corrected chi connectivity index (χ0v) is 7.82. The molecule has 4 nitrogen and oxygen atoms in total. The van der Waals surface area contributed by atoms with Crippen molar-refractivity contribution in [3.8, 4) is 0 Å². The van der Waals surface area contributed by atoms with E-state index in [4.69, 9.17) is 4.46 Å². The van der Waals surface area contributed by atoms with E-state index in [0.717, 1.165) is 0 Å². The largest absolute Gasteiger partial charge is 4.00 e. The van der Waals surface area contributed by atoms with E-state index in [1.165, 1.54) is 0 Å². The molecule has 0 amide bonds. The molecule has 0 aliphatic heterocycles. The van der Waals surface area contributed by atoms with Gasteiger partial charge >= 0.3 is 58.2 Å². The van der Waals surface area contributed by atoms with E-state index in [2.05, 4.69) is 0 Å². The number of hydrogen-bond acceptors (Lipinski definition) is 1. The Labute approximate surface area is 74.3 Å². The molecule has 0 aromatic heterocycles. The van der Waals surface area contributed by atoms with Crippen LogP contribution in [0.3, 0.4) is 0 Å². The van der Waals surface area contributed by atoms with Crippen LogP contribution in [-0.4, -0.2) is 27.5 Å². The second kappa shape index (κ2) is 169. The number of rotatable bonds is 0. The zero-order chi connectivity index (χ0) is 2.00. The minimum Gasteiger partial charge on any atom is -2.00 e. The van der Waals surface area contributed by atoms with E-state index in [-0.39, 0.29) is 60.0 Å². The Bertz CT molecular complexity index is 11.7. The molecule has 0 heterocycles. The van der Waals surface area contributed by atoms with Crippen LogP contribution in [0, 0.1) is 0 Å². The van der Waals surface area contributed by atoms with Crippen molar-refractivity contribution in [2.45, 2.75) is 0 Å². The van der Waals surface area contributed by atoms with Gasteiger partial charge in [-0.1, -0.05) is 0 Å². The van der Waals surface area contributed by atoms with Crippen molar-refractivity contribution in [2.24, 2.45) is 0 Å². The predicted octanol–water partition coefficient (Wildman–Crippen LogP) is -1.24. The molecule has 32 valence electrons. The van der Waals surface area contributed by atoms with Gasteiger partial charge < -0.3 is 16.4 Å². The first-order chi connectivity index (χ1) is 1.00. The Hall–Kier alpha value is 1.31. The maximum absolute atomic E-state index is 8.06. The fraction of sp³-hybridized carbons (Fsp3) is 0. The summed E-state index contributed by atoms with van der Waals surface area (Å²) in [6.45, 7) is 0. The Kier molecular flexibility index (Phi) is 2010. The van der Waals surface area contributed by atoms with Gasteiger partial charge in [-0.3, -0.25) is 0 Å². The number of hydrogen-bond donors (Lipinski definition) is 0. The molecule has 0 atom stereocenters. The summed E-state index contributed by atoms with van der Waals surface area (Å²) in [5.74, 6) is 0. The monoisotopic (exact) mass is 209 g/mol. The molecule has 7 heteroatoms. The summed E-state index contributed by atoms with van der Waals surface area (Å²) >= 11 is 0. The van der Waals surface area contributed by atoms with Gasteiger partial charge in [0.05, 0.1) is 0 Å². The molecule has 0 spiro atoms. The summed E-state index contributed by atoms with van der Waals surface area (Å²) in [5.41, 5.74) is 0. The third-order valence-corrected chi connectivity index (χ3v) is 0.